The maximum absolute atomic E-state index is 12.8. The third kappa shape index (κ3) is 3.09. The van der Waals surface area contributed by atoms with Gasteiger partial charge in [0.2, 0.25) is 5.82 Å². The number of carbonyl (C=O) groups excluding carboxylic acids is 1. The number of aromatic nitrogens is 4. The fraction of sp³-hybridized carbons (Fsp3) is 0.556. The van der Waals surface area contributed by atoms with Crippen molar-refractivity contribution in [1.82, 2.24) is 24.5 Å². The zero-order valence-electron chi connectivity index (χ0n) is 15.5. The monoisotopic (exact) mass is 389 g/mol. The summed E-state index contributed by atoms with van der Waals surface area (Å²) in [6.07, 6.45) is 3.24. The molecule has 3 heterocycles. The van der Waals surface area contributed by atoms with Gasteiger partial charge in [0, 0.05) is 18.0 Å². The average Bonchev–Trinajstić information content (AvgIpc) is 3.22. The van der Waals surface area contributed by atoms with Gasteiger partial charge in [-0.25, -0.2) is 9.97 Å². The van der Waals surface area contributed by atoms with E-state index in [0.29, 0.717) is 17.4 Å². The Balaban J connectivity index is 1.86. The number of thiophene rings is 1. The Morgan fingerprint density at radius 3 is 2.74 bits per heavy atom. The molecule has 0 aromatic carbocycles. The highest BCUT2D eigenvalue weighted by Crippen LogP contribution is 2.39. The molecular formula is C18H23N5O3S. The lowest BCUT2D eigenvalue weighted by atomic mass is 9.89. The second-order valence-corrected chi connectivity index (χ2v) is 8.18. The molecule has 3 aromatic rings. The van der Waals surface area contributed by atoms with Crippen molar-refractivity contribution in [3.8, 4) is 0 Å². The van der Waals surface area contributed by atoms with Gasteiger partial charge < -0.3 is 15.1 Å². The van der Waals surface area contributed by atoms with Gasteiger partial charge in [-0.15, -0.1) is 16.4 Å². The van der Waals surface area contributed by atoms with Crippen LogP contribution < -0.4 is 0 Å². The summed E-state index contributed by atoms with van der Waals surface area (Å²) in [7, 11) is 0. The van der Waals surface area contributed by atoms with Crippen molar-refractivity contribution >= 4 is 33.1 Å². The van der Waals surface area contributed by atoms with Crippen LogP contribution in [0.5, 0.6) is 0 Å². The van der Waals surface area contributed by atoms with Crippen LogP contribution in [0.2, 0.25) is 0 Å². The van der Waals surface area contributed by atoms with E-state index in [2.05, 4.69) is 17.0 Å². The number of aliphatic hydroxyl groups is 2. The minimum absolute atomic E-state index is 0.0677. The zero-order valence-corrected chi connectivity index (χ0v) is 16.3. The van der Waals surface area contributed by atoms with Crippen LogP contribution in [0.1, 0.15) is 40.2 Å². The van der Waals surface area contributed by atoms with Gasteiger partial charge in [0.05, 0.1) is 18.6 Å². The van der Waals surface area contributed by atoms with Crippen molar-refractivity contribution in [3.63, 3.8) is 0 Å². The molecule has 1 amide bonds. The van der Waals surface area contributed by atoms with E-state index in [1.165, 1.54) is 21.8 Å². The van der Waals surface area contributed by atoms with E-state index >= 15 is 0 Å². The second-order valence-electron chi connectivity index (χ2n) is 7.10. The Kier molecular flexibility index (Phi) is 4.83. The SMILES string of the molecule is Cc1nc2sc3c(c2c2nc(C(=O)N(CCO)CCO)nn12)C[C@@H](C)CC3. The van der Waals surface area contributed by atoms with Crippen LogP contribution in [0.25, 0.3) is 15.9 Å². The maximum Gasteiger partial charge on any atom is 0.293 e. The number of rotatable bonds is 5. The molecule has 8 nitrogen and oxygen atoms in total. The maximum atomic E-state index is 12.8. The molecule has 2 N–H and O–H groups in total. The van der Waals surface area contributed by atoms with Crippen molar-refractivity contribution in [2.45, 2.75) is 33.1 Å². The molecule has 1 aliphatic carbocycles. The molecule has 0 radical (unpaired) electrons. The number of hydrogen-bond donors (Lipinski definition) is 2. The average molecular weight is 389 g/mol. The summed E-state index contributed by atoms with van der Waals surface area (Å²) in [6.45, 7) is 4.02. The van der Waals surface area contributed by atoms with Crippen LogP contribution in [0.15, 0.2) is 0 Å². The molecule has 0 spiro atoms. The van der Waals surface area contributed by atoms with E-state index in [4.69, 9.17) is 4.98 Å². The Bertz CT molecular complexity index is 1010. The van der Waals surface area contributed by atoms with Gasteiger partial charge in [-0.3, -0.25) is 4.79 Å². The van der Waals surface area contributed by atoms with Gasteiger partial charge in [0.1, 0.15) is 10.7 Å². The second kappa shape index (κ2) is 7.14. The van der Waals surface area contributed by atoms with Crippen LogP contribution >= 0.6 is 11.3 Å². The quantitative estimate of drug-likeness (QED) is 0.680. The standard InChI is InChI=1S/C18H23N5O3S/c1-10-3-4-13-12(9-10)14-16-20-15(18(26)22(5-7-24)6-8-25)21-23(16)11(2)19-17(14)27-13/h10,24-25H,3-9H2,1-2H3/t10-/m0/s1. The summed E-state index contributed by atoms with van der Waals surface area (Å²) >= 11 is 1.72. The largest absolute Gasteiger partial charge is 0.395 e. The summed E-state index contributed by atoms with van der Waals surface area (Å²) in [5.74, 6) is 0.974. The first-order chi connectivity index (χ1) is 13.0. The van der Waals surface area contributed by atoms with Crippen LogP contribution in [-0.2, 0) is 12.8 Å². The highest BCUT2D eigenvalue weighted by Gasteiger charge is 2.26. The molecule has 9 heteroatoms. The topological polar surface area (TPSA) is 104 Å². The van der Waals surface area contributed by atoms with E-state index in [0.717, 1.165) is 23.1 Å². The lowest BCUT2D eigenvalue weighted by Gasteiger charge is -2.18. The fourth-order valence-electron chi connectivity index (χ4n) is 3.74. The highest BCUT2D eigenvalue weighted by molar-refractivity contribution is 7.19. The molecule has 0 unspecified atom stereocenters. The van der Waals surface area contributed by atoms with Crippen LogP contribution in [-0.4, -0.2) is 66.9 Å². The third-order valence-corrected chi connectivity index (χ3v) is 6.29. The molecule has 1 aliphatic rings. The number of amides is 1. The Hall–Kier alpha value is -2.10. The molecule has 0 aliphatic heterocycles. The van der Waals surface area contributed by atoms with E-state index < -0.39 is 5.91 Å². The summed E-state index contributed by atoms with van der Waals surface area (Å²) in [6, 6.07) is 0. The van der Waals surface area contributed by atoms with Crippen molar-refractivity contribution in [1.29, 1.82) is 0 Å². The number of carbonyl (C=O) groups is 1. The normalized spacial score (nSPS) is 16.8. The Labute approximate surface area is 160 Å². The lowest BCUT2D eigenvalue weighted by molar-refractivity contribution is 0.0673. The molecule has 0 saturated carbocycles. The van der Waals surface area contributed by atoms with Gasteiger partial charge in [-0.1, -0.05) is 6.92 Å². The number of nitrogens with zero attached hydrogens (tertiary/aromatic N) is 5. The van der Waals surface area contributed by atoms with Crippen molar-refractivity contribution in [2.24, 2.45) is 5.92 Å². The molecule has 3 aromatic heterocycles. The third-order valence-electron chi connectivity index (χ3n) is 5.11. The number of aryl methyl sites for hydroxylation is 2. The Morgan fingerprint density at radius 1 is 1.30 bits per heavy atom. The summed E-state index contributed by atoms with van der Waals surface area (Å²) in [4.78, 5) is 25.7. The van der Waals surface area contributed by atoms with Crippen LogP contribution in [0.3, 0.4) is 0 Å². The smallest absolute Gasteiger partial charge is 0.293 e. The fourth-order valence-corrected chi connectivity index (χ4v) is 4.99. The molecule has 144 valence electrons. The minimum Gasteiger partial charge on any atom is -0.395 e. The molecular weight excluding hydrogens is 366 g/mol. The summed E-state index contributed by atoms with van der Waals surface area (Å²) in [5.41, 5.74) is 1.96. The van der Waals surface area contributed by atoms with E-state index in [9.17, 15) is 15.0 Å². The minimum atomic E-state index is -0.396. The van der Waals surface area contributed by atoms with Gasteiger partial charge in [0.25, 0.3) is 5.91 Å². The molecule has 0 bridgehead atoms. The lowest BCUT2D eigenvalue weighted by Crippen LogP contribution is -2.36. The van der Waals surface area contributed by atoms with Crippen molar-refractivity contribution < 1.29 is 15.0 Å². The predicted octanol–water partition coefficient (Wildman–Crippen LogP) is 1.20. The first kappa shape index (κ1) is 18.3. The number of fused-ring (bicyclic) bond motifs is 5. The van der Waals surface area contributed by atoms with Gasteiger partial charge in [0.15, 0.2) is 5.65 Å². The van der Waals surface area contributed by atoms with E-state index in [1.54, 1.807) is 15.9 Å². The number of hydrogen-bond acceptors (Lipinski definition) is 7. The molecule has 1 atom stereocenters. The van der Waals surface area contributed by atoms with Gasteiger partial charge in [-0.05, 0) is 37.7 Å². The first-order valence-electron chi connectivity index (χ1n) is 9.22. The van der Waals surface area contributed by atoms with E-state index in [-0.39, 0.29) is 32.1 Å². The molecule has 0 saturated heterocycles. The van der Waals surface area contributed by atoms with Crippen molar-refractivity contribution in [2.75, 3.05) is 26.3 Å². The molecule has 4 rings (SSSR count). The molecule has 27 heavy (non-hydrogen) atoms. The predicted molar refractivity (Wildman–Crippen MR) is 102 cm³/mol. The van der Waals surface area contributed by atoms with Gasteiger partial charge in [-0.2, -0.15) is 4.52 Å². The van der Waals surface area contributed by atoms with Crippen molar-refractivity contribution in [3.05, 3.63) is 22.1 Å². The van der Waals surface area contributed by atoms with E-state index in [1.807, 2.05) is 6.92 Å². The van der Waals surface area contributed by atoms with Crippen LogP contribution in [0.4, 0.5) is 0 Å². The summed E-state index contributed by atoms with van der Waals surface area (Å²) < 4.78 is 1.64. The molecule has 0 fully saturated rings. The zero-order chi connectivity index (χ0) is 19.1. The van der Waals surface area contributed by atoms with Gasteiger partial charge >= 0.3 is 0 Å². The number of aliphatic hydroxyl groups excluding tert-OH is 2. The Morgan fingerprint density at radius 2 is 2.04 bits per heavy atom. The summed E-state index contributed by atoms with van der Waals surface area (Å²) in [5, 5.41) is 23.8. The highest BCUT2D eigenvalue weighted by atomic mass is 32.1. The van der Waals surface area contributed by atoms with Crippen LogP contribution in [0, 0.1) is 12.8 Å². The first-order valence-corrected chi connectivity index (χ1v) is 10.0.